The molecular weight excluding hydrogens is 308 g/mol. The van der Waals surface area contributed by atoms with E-state index in [0.29, 0.717) is 5.92 Å². The van der Waals surface area contributed by atoms with Crippen LogP contribution in [0.4, 0.5) is 5.69 Å². The molecular formula is C22H20N2O. The molecule has 1 aromatic heterocycles. The molecule has 1 fully saturated rings. The van der Waals surface area contributed by atoms with Crippen LogP contribution in [-0.2, 0) is 4.79 Å². The van der Waals surface area contributed by atoms with Crippen molar-refractivity contribution in [3.63, 3.8) is 0 Å². The van der Waals surface area contributed by atoms with Crippen molar-refractivity contribution < 1.29 is 4.79 Å². The summed E-state index contributed by atoms with van der Waals surface area (Å²) < 4.78 is 0. The second-order valence-corrected chi connectivity index (χ2v) is 6.61. The lowest BCUT2D eigenvalue weighted by Crippen LogP contribution is -2.14. The maximum absolute atomic E-state index is 12.5. The lowest BCUT2D eigenvalue weighted by Gasteiger charge is -2.10. The van der Waals surface area contributed by atoms with Crippen LogP contribution in [-0.4, -0.2) is 10.9 Å². The van der Waals surface area contributed by atoms with Crippen molar-refractivity contribution >= 4 is 11.6 Å². The first-order valence-electron chi connectivity index (χ1n) is 8.59. The molecule has 1 saturated carbocycles. The molecule has 4 rings (SSSR count). The number of benzene rings is 2. The number of rotatable bonds is 4. The third-order valence-electron chi connectivity index (χ3n) is 4.84. The van der Waals surface area contributed by atoms with Gasteiger partial charge in [-0.3, -0.25) is 9.78 Å². The Balaban J connectivity index is 1.45. The van der Waals surface area contributed by atoms with Gasteiger partial charge >= 0.3 is 0 Å². The van der Waals surface area contributed by atoms with Gasteiger partial charge in [-0.25, -0.2) is 0 Å². The molecule has 1 amide bonds. The number of anilines is 1. The van der Waals surface area contributed by atoms with E-state index in [1.807, 2.05) is 42.5 Å². The maximum atomic E-state index is 12.5. The summed E-state index contributed by atoms with van der Waals surface area (Å²) in [5.74, 6) is 0.561. The highest BCUT2D eigenvalue weighted by Gasteiger charge is 2.43. The fourth-order valence-corrected chi connectivity index (χ4v) is 3.39. The topological polar surface area (TPSA) is 42.0 Å². The van der Waals surface area contributed by atoms with E-state index in [9.17, 15) is 4.79 Å². The van der Waals surface area contributed by atoms with Gasteiger partial charge in [-0.2, -0.15) is 0 Å². The Morgan fingerprint density at radius 1 is 1.04 bits per heavy atom. The number of amides is 1. The second kappa shape index (κ2) is 6.52. The van der Waals surface area contributed by atoms with E-state index in [2.05, 4.69) is 35.4 Å². The summed E-state index contributed by atoms with van der Waals surface area (Å²) >= 11 is 0. The van der Waals surface area contributed by atoms with E-state index < -0.39 is 0 Å². The van der Waals surface area contributed by atoms with Gasteiger partial charge < -0.3 is 5.32 Å². The summed E-state index contributed by atoms with van der Waals surface area (Å²) in [6.07, 6.45) is 4.52. The zero-order chi connectivity index (χ0) is 17.2. The van der Waals surface area contributed by atoms with Crippen molar-refractivity contribution in [2.45, 2.75) is 19.3 Å². The van der Waals surface area contributed by atoms with Gasteiger partial charge in [0.15, 0.2) is 0 Å². The molecule has 0 unspecified atom stereocenters. The Hall–Kier alpha value is -2.94. The summed E-state index contributed by atoms with van der Waals surface area (Å²) in [7, 11) is 0. The minimum Gasteiger partial charge on any atom is -0.326 e. The zero-order valence-electron chi connectivity index (χ0n) is 14.1. The molecule has 2 aromatic carbocycles. The minimum absolute atomic E-state index is 0.0857. The zero-order valence-corrected chi connectivity index (χ0v) is 14.1. The van der Waals surface area contributed by atoms with Crippen LogP contribution < -0.4 is 5.32 Å². The van der Waals surface area contributed by atoms with Crippen LogP contribution in [0.25, 0.3) is 11.1 Å². The molecule has 0 radical (unpaired) electrons. The first-order valence-corrected chi connectivity index (χ1v) is 8.59. The summed E-state index contributed by atoms with van der Waals surface area (Å²) in [5, 5.41) is 3.07. The molecule has 0 aliphatic heterocycles. The molecule has 25 heavy (non-hydrogen) atoms. The van der Waals surface area contributed by atoms with E-state index in [0.717, 1.165) is 28.8 Å². The summed E-state index contributed by atoms with van der Waals surface area (Å²) in [5.41, 5.74) is 5.55. The largest absolute Gasteiger partial charge is 0.326 e. The molecule has 1 aliphatic rings. The van der Waals surface area contributed by atoms with Crippen molar-refractivity contribution in [2.24, 2.45) is 5.92 Å². The smallest absolute Gasteiger partial charge is 0.228 e. The first-order chi connectivity index (χ1) is 12.2. The highest BCUT2D eigenvalue weighted by atomic mass is 16.2. The number of carbonyl (C=O) groups excluding carboxylic acids is 1. The van der Waals surface area contributed by atoms with E-state index in [-0.39, 0.29) is 11.8 Å². The Kier molecular flexibility index (Phi) is 4.06. The molecule has 3 nitrogen and oxygen atoms in total. The third-order valence-corrected chi connectivity index (χ3v) is 4.84. The number of aromatic nitrogens is 1. The SMILES string of the molecule is Cc1cc(NC(=O)[C@@H]2C[C@H]2c2ccccc2)ccc1-c1ccncc1. The van der Waals surface area contributed by atoms with E-state index in [1.165, 1.54) is 5.56 Å². The number of nitrogens with one attached hydrogen (secondary N) is 1. The Morgan fingerprint density at radius 3 is 2.52 bits per heavy atom. The molecule has 1 N–H and O–H groups in total. The number of hydrogen-bond donors (Lipinski definition) is 1. The van der Waals surface area contributed by atoms with Gasteiger partial charge in [-0.05, 0) is 65.8 Å². The van der Waals surface area contributed by atoms with Gasteiger partial charge in [0.1, 0.15) is 0 Å². The van der Waals surface area contributed by atoms with Crippen LogP contribution in [0.1, 0.15) is 23.5 Å². The predicted molar refractivity (Wildman–Crippen MR) is 100 cm³/mol. The van der Waals surface area contributed by atoms with Crippen LogP contribution in [0.15, 0.2) is 73.1 Å². The third kappa shape index (κ3) is 3.31. The van der Waals surface area contributed by atoms with Gasteiger partial charge in [0, 0.05) is 24.0 Å². The molecule has 3 aromatic rings. The summed E-state index contributed by atoms with van der Waals surface area (Å²) in [6.45, 7) is 2.06. The lowest BCUT2D eigenvalue weighted by molar-refractivity contribution is -0.117. The van der Waals surface area contributed by atoms with Gasteiger partial charge in [-0.1, -0.05) is 36.4 Å². The van der Waals surface area contributed by atoms with Crippen molar-refractivity contribution in [1.82, 2.24) is 4.98 Å². The van der Waals surface area contributed by atoms with Crippen molar-refractivity contribution in [2.75, 3.05) is 5.32 Å². The maximum Gasteiger partial charge on any atom is 0.228 e. The normalized spacial score (nSPS) is 18.6. The minimum atomic E-state index is 0.0857. The highest BCUT2D eigenvalue weighted by Crippen LogP contribution is 2.47. The number of carbonyl (C=O) groups is 1. The number of hydrogen-bond acceptors (Lipinski definition) is 2. The van der Waals surface area contributed by atoms with Crippen molar-refractivity contribution in [3.05, 3.63) is 84.2 Å². The van der Waals surface area contributed by atoms with Gasteiger partial charge in [0.25, 0.3) is 0 Å². The highest BCUT2D eigenvalue weighted by molar-refractivity contribution is 5.95. The van der Waals surface area contributed by atoms with Crippen molar-refractivity contribution in [1.29, 1.82) is 0 Å². The molecule has 0 bridgehead atoms. The summed E-state index contributed by atoms with van der Waals surface area (Å²) in [4.78, 5) is 16.6. The van der Waals surface area contributed by atoms with E-state index >= 15 is 0 Å². The molecule has 0 spiro atoms. The van der Waals surface area contributed by atoms with Gasteiger partial charge in [-0.15, -0.1) is 0 Å². The Bertz CT molecular complexity index is 890. The summed E-state index contributed by atoms with van der Waals surface area (Å²) in [6, 6.07) is 20.3. The van der Waals surface area contributed by atoms with E-state index in [4.69, 9.17) is 0 Å². The van der Waals surface area contributed by atoms with Crippen molar-refractivity contribution in [3.8, 4) is 11.1 Å². The number of nitrogens with zero attached hydrogens (tertiary/aromatic N) is 1. The first kappa shape index (κ1) is 15.6. The van der Waals surface area contributed by atoms with Gasteiger partial charge in [0.05, 0.1) is 0 Å². The molecule has 1 heterocycles. The molecule has 3 heteroatoms. The van der Waals surface area contributed by atoms with Crippen LogP contribution in [0.2, 0.25) is 0 Å². The Labute approximate surface area is 147 Å². The average molecular weight is 328 g/mol. The van der Waals surface area contributed by atoms with E-state index in [1.54, 1.807) is 12.4 Å². The van der Waals surface area contributed by atoms with Crippen LogP contribution in [0.3, 0.4) is 0 Å². The second-order valence-electron chi connectivity index (χ2n) is 6.61. The van der Waals surface area contributed by atoms with Gasteiger partial charge in [0.2, 0.25) is 5.91 Å². The average Bonchev–Trinajstić information content (AvgIpc) is 3.44. The van der Waals surface area contributed by atoms with Crippen LogP contribution in [0, 0.1) is 12.8 Å². The molecule has 0 saturated heterocycles. The van der Waals surface area contributed by atoms with Crippen LogP contribution >= 0.6 is 0 Å². The molecule has 2 atom stereocenters. The lowest BCUT2D eigenvalue weighted by atomic mass is 10.0. The van der Waals surface area contributed by atoms with Crippen LogP contribution in [0.5, 0.6) is 0 Å². The quantitative estimate of drug-likeness (QED) is 0.747. The predicted octanol–water partition coefficient (Wildman–Crippen LogP) is 4.80. The monoisotopic (exact) mass is 328 g/mol. The standard InChI is InChI=1S/C22H20N2O/c1-15-13-18(7-8-19(15)17-9-11-23-12-10-17)24-22(25)21-14-20(21)16-5-3-2-4-6-16/h2-13,20-21H,14H2,1H3,(H,24,25)/t20-,21+/m0/s1. The fourth-order valence-electron chi connectivity index (χ4n) is 3.39. The molecule has 124 valence electrons. The fraction of sp³-hybridized carbons (Fsp3) is 0.182. The Morgan fingerprint density at radius 2 is 1.80 bits per heavy atom. The number of pyridine rings is 1. The molecule has 1 aliphatic carbocycles. The number of aryl methyl sites for hydroxylation is 1.